The number of aliphatic imine (C=N–C) groups is 1. The molecule has 0 spiro atoms. The number of hydrogen-bond donors (Lipinski definition) is 2. The fourth-order valence-electron chi connectivity index (χ4n) is 6.46. The highest BCUT2D eigenvalue weighted by Crippen LogP contribution is 2.61. The van der Waals surface area contributed by atoms with Crippen molar-refractivity contribution in [3.8, 4) is 5.75 Å². The number of phenolic OH excluding ortho intramolecular Hbond substituents is 1. The van der Waals surface area contributed by atoms with Crippen LogP contribution in [0.4, 0.5) is 0 Å². The van der Waals surface area contributed by atoms with Gasteiger partial charge in [-0.2, -0.15) is 0 Å². The number of benzene rings is 1. The van der Waals surface area contributed by atoms with Crippen LogP contribution >= 0.6 is 0 Å². The van der Waals surface area contributed by atoms with E-state index in [1.54, 1.807) is 25.1 Å². The van der Waals surface area contributed by atoms with Crippen molar-refractivity contribution < 1.29 is 14.7 Å². The molecule has 1 aromatic carbocycles. The smallest absolute Gasteiger partial charge is 0.273 e. The summed E-state index contributed by atoms with van der Waals surface area (Å²) in [5, 5.41) is 13.2. The number of likely N-dealkylation sites (N-methyl/N-ethyl adjacent to an activating group) is 1. The van der Waals surface area contributed by atoms with Crippen LogP contribution in [0.5, 0.6) is 5.75 Å². The lowest BCUT2D eigenvalue weighted by Crippen LogP contribution is -2.65. The van der Waals surface area contributed by atoms with Crippen LogP contribution in [0.25, 0.3) is 0 Å². The van der Waals surface area contributed by atoms with Crippen LogP contribution in [-0.2, 0) is 21.4 Å². The lowest BCUT2D eigenvalue weighted by molar-refractivity contribution is -0.129. The summed E-state index contributed by atoms with van der Waals surface area (Å²) in [5.74, 6) is 1.07. The van der Waals surface area contributed by atoms with Crippen LogP contribution in [-0.4, -0.2) is 72.6 Å². The molecule has 1 saturated heterocycles. The van der Waals surface area contributed by atoms with E-state index in [-0.39, 0.29) is 29.0 Å². The van der Waals surface area contributed by atoms with Gasteiger partial charge in [0.05, 0.1) is 6.21 Å². The van der Waals surface area contributed by atoms with Crippen molar-refractivity contribution in [1.29, 1.82) is 0 Å². The molecule has 1 aromatic rings. The average molecular weight is 463 g/mol. The molecule has 180 valence electrons. The second-order valence-electron chi connectivity index (χ2n) is 10.3. The van der Waals surface area contributed by atoms with Gasteiger partial charge in [0.25, 0.3) is 5.91 Å². The van der Waals surface area contributed by atoms with Crippen molar-refractivity contribution in [3.05, 3.63) is 52.9 Å². The Bertz CT molecular complexity index is 1090. The second kappa shape index (κ2) is 8.69. The number of carbonyl (C=O) groups excluding carboxylic acids is 2. The Morgan fingerprint density at radius 3 is 2.91 bits per heavy atom. The summed E-state index contributed by atoms with van der Waals surface area (Å²) >= 11 is 0. The van der Waals surface area contributed by atoms with E-state index in [0.717, 1.165) is 31.5 Å². The highest BCUT2D eigenvalue weighted by atomic mass is 16.3. The van der Waals surface area contributed by atoms with E-state index in [2.05, 4.69) is 34.3 Å². The van der Waals surface area contributed by atoms with Crippen molar-refractivity contribution in [3.63, 3.8) is 0 Å². The Kier molecular flexibility index (Phi) is 5.84. The number of aromatic hydroxyl groups is 1. The summed E-state index contributed by atoms with van der Waals surface area (Å²) in [6.07, 6.45) is 10.3. The third-order valence-electron chi connectivity index (χ3n) is 8.44. The standard InChI is InChI=1S/C27H34N4O3/c1-17(30(3)26(34)24(15-28-2)29-9-11-32)21-14-23-25-12-19-6-7-20(33)13-22(19)27(21,23)8-10-31(25)16-18-4-5-18/h6-7,9,11,13-15,17-18,21,25,28,33H,4-5,8,10,12,16H2,1-3H3/b24-15-,29-9?. The van der Waals surface area contributed by atoms with Crippen molar-refractivity contribution in [1.82, 2.24) is 15.1 Å². The summed E-state index contributed by atoms with van der Waals surface area (Å²) in [4.78, 5) is 32.5. The van der Waals surface area contributed by atoms with Gasteiger partial charge in [0.2, 0.25) is 0 Å². The van der Waals surface area contributed by atoms with Gasteiger partial charge in [-0.15, -0.1) is 0 Å². The molecule has 4 atom stereocenters. The van der Waals surface area contributed by atoms with E-state index in [0.29, 0.717) is 18.1 Å². The van der Waals surface area contributed by atoms with Crippen molar-refractivity contribution >= 4 is 18.4 Å². The normalized spacial score (nSPS) is 28.9. The molecule has 0 aromatic heterocycles. The SMILES string of the molecule is CN/C=C(\N=CC=O)C(=O)N(C)C(C)C1C=C2C3Cc4ccc(O)cc4C21CCN3CC1CC1. The van der Waals surface area contributed by atoms with E-state index in [1.165, 1.54) is 42.3 Å². The Morgan fingerprint density at radius 1 is 1.41 bits per heavy atom. The monoisotopic (exact) mass is 462 g/mol. The third kappa shape index (κ3) is 3.57. The van der Waals surface area contributed by atoms with Crippen molar-refractivity contribution in [2.75, 3.05) is 27.2 Å². The molecule has 2 bridgehead atoms. The molecular formula is C27H34N4O3. The van der Waals surface area contributed by atoms with Gasteiger partial charge in [0.1, 0.15) is 11.4 Å². The maximum absolute atomic E-state index is 13.3. The van der Waals surface area contributed by atoms with Crippen LogP contribution < -0.4 is 5.32 Å². The van der Waals surface area contributed by atoms with Crippen LogP contribution in [0.15, 0.2) is 46.7 Å². The summed E-state index contributed by atoms with van der Waals surface area (Å²) in [6.45, 7) is 4.31. The fourth-order valence-corrected chi connectivity index (χ4v) is 6.46. The Balaban J connectivity index is 1.48. The number of phenols is 1. The molecule has 1 saturated carbocycles. The molecule has 7 nitrogen and oxygen atoms in total. The van der Waals surface area contributed by atoms with Gasteiger partial charge in [-0.1, -0.05) is 12.1 Å². The number of aldehydes is 1. The number of nitrogens with one attached hydrogen (secondary N) is 1. The molecule has 0 radical (unpaired) electrons. The zero-order valence-electron chi connectivity index (χ0n) is 20.2. The molecule has 1 heterocycles. The summed E-state index contributed by atoms with van der Waals surface area (Å²) < 4.78 is 0. The molecule has 1 amide bonds. The minimum absolute atomic E-state index is 0.0770. The molecule has 1 aliphatic heterocycles. The summed E-state index contributed by atoms with van der Waals surface area (Å²) in [7, 11) is 3.51. The van der Waals surface area contributed by atoms with Gasteiger partial charge in [0.15, 0.2) is 6.29 Å². The van der Waals surface area contributed by atoms with Crippen molar-refractivity contribution in [2.24, 2.45) is 16.8 Å². The molecule has 2 N–H and O–H groups in total. The Hall–Kier alpha value is -2.93. The number of rotatable bonds is 8. The molecule has 4 aliphatic rings. The number of amides is 1. The van der Waals surface area contributed by atoms with Gasteiger partial charge >= 0.3 is 0 Å². The lowest BCUT2D eigenvalue weighted by Gasteiger charge is -2.63. The first kappa shape index (κ1) is 22.8. The number of carbonyl (C=O) groups is 2. The van der Waals surface area contributed by atoms with Gasteiger partial charge in [-0.3, -0.25) is 14.5 Å². The topological polar surface area (TPSA) is 85.2 Å². The number of piperidine rings is 1. The van der Waals surface area contributed by atoms with Gasteiger partial charge < -0.3 is 15.3 Å². The molecule has 4 unspecified atom stereocenters. The third-order valence-corrected chi connectivity index (χ3v) is 8.44. The number of likely N-dealkylation sites (tertiary alicyclic amines) is 1. The minimum Gasteiger partial charge on any atom is -0.508 e. The number of hydrogen-bond acceptors (Lipinski definition) is 6. The maximum Gasteiger partial charge on any atom is 0.273 e. The van der Waals surface area contributed by atoms with Gasteiger partial charge in [-0.05, 0) is 73.9 Å². The highest BCUT2D eigenvalue weighted by Gasteiger charge is 2.60. The predicted molar refractivity (Wildman–Crippen MR) is 132 cm³/mol. The van der Waals surface area contributed by atoms with E-state index in [4.69, 9.17) is 0 Å². The van der Waals surface area contributed by atoms with Crippen molar-refractivity contribution in [2.45, 2.75) is 50.1 Å². The molecule has 34 heavy (non-hydrogen) atoms. The molecule has 3 aliphatic carbocycles. The zero-order chi connectivity index (χ0) is 24.0. The van der Waals surface area contributed by atoms with Crippen LogP contribution in [0.1, 0.15) is 37.3 Å². The summed E-state index contributed by atoms with van der Waals surface area (Å²) in [6, 6.07) is 6.18. The highest BCUT2D eigenvalue weighted by molar-refractivity contribution is 6.14. The van der Waals surface area contributed by atoms with Crippen LogP contribution in [0.3, 0.4) is 0 Å². The van der Waals surface area contributed by atoms with Crippen LogP contribution in [0.2, 0.25) is 0 Å². The number of fused-ring (bicyclic) bond motifs is 1. The fraction of sp³-hybridized carbons (Fsp3) is 0.519. The lowest BCUT2D eigenvalue weighted by atomic mass is 9.47. The van der Waals surface area contributed by atoms with E-state index in [9.17, 15) is 14.7 Å². The van der Waals surface area contributed by atoms with Gasteiger partial charge in [-0.25, -0.2) is 4.99 Å². The van der Waals surface area contributed by atoms with E-state index < -0.39 is 0 Å². The largest absolute Gasteiger partial charge is 0.508 e. The Morgan fingerprint density at radius 2 is 2.21 bits per heavy atom. The quantitative estimate of drug-likeness (QED) is 0.268. The zero-order valence-corrected chi connectivity index (χ0v) is 20.2. The molecular weight excluding hydrogens is 428 g/mol. The molecule has 7 heteroatoms. The predicted octanol–water partition coefficient (Wildman–Crippen LogP) is 2.40. The second-order valence-corrected chi connectivity index (χ2v) is 10.3. The summed E-state index contributed by atoms with van der Waals surface area (Å²) in [5.41, 5.74) is 4.07. The molecule has 5 rings (SSSR count). The first-order valence-corrected chi connectivity index (χ1v) is 12.3. The van der Waals surface area contributed by atoms with E-state index >= 15 is 0 Å². The molecule has 2 fully saturated rings. The average Bonchev–Trinajstić information content (AvgIpc) is 3.62. The van der Waals surface area contributed by atoms with Gasteiger partial charge in [0, 0.05) is 50.3 Å². The first-order valence-electron chi connectivity index (χ1n) is 12.3. The minimum atomic E-state index is -0.229. The Labute approximate surface area is 201 Å². The first-order chi connectivity index (χ1) is 16.4. The van der Waals surface area contributed by atoms with E-state index in [1.807, 2.05) is 6.07 Å². The maximum atomic E-state index is 13.3. The van der Waals surface area contributed by atoms with Crippen LogP contribution in [0, 0.1) is 11.8 Å². The number of nitrogens with zero attached hydrogens (tertiary/aromatic N) is 3.